The minimum Gasteiger partial charge on any atom is -0.396 e. The first-order valence-electron chi connectivity index (χ1n) is 5.54. The van der Waals surface area contributed by atoms with Crippen molar-refractivity contribution >= 4 is 11.4 Å². The van der Waals surface area contributed by atoms with Crippen LogP contribution in [-0.2, 0) is 0 Å². The molecule has 0 radical (unpaired) electrons. The standard InChI is InChI=1S/C13H16N4/c1-10(2)17(8-4-7-14)12-6-3-5-11(9-15)13(12)16/h3,5-6,10H,4,8,16H2,1-2H3. The zero-order valence-corrected chi connectivity index (χ0v) is 10.1. The van der Waals surface area contributed by atoms with Crippen LogP contribution < -0.4 is 10.6 Å². The highest BCUT2D eigenvalue weighted by atomic mass is 15.2. The maximum atomic E-state index is 8.94. The van der Waals surface area contributed by atoms with Gasteiger partial charge in [-0.15, -0.1) is 0 Å². The molecule has 0 fully saturated rings. The highest BCUT2D eigenvalue weighted by Crippen LogP contribution is 2.27. The molecule has 0 spiro atoms. The summed E-state index contributed by atoms with van der Waals surface area (Å²) in [5.41, 5.74) is 7.75. The van der Waals surface area contributed by atoms with E-state index in [9.17, 15) is 0 Å². The predicted octanol–water partition coefficient (Wildman–Crippen LogP) is 2.27. The number of hydrogen-bond donors (Lipinski definition) is 1. The van der Waals surface area contributed by atoms with Crippen LogP contribution in [0.2, 0.25) is 0 Å². The van der Waals surface area contributed by atoms with Crippen molar-refractivity contribution in [3.63, 3.8) is 0 Å². The van der Waals surface area contributed by atoms with Crippen LogP contribution in [0.25, 0.3) is 0 Å². The van der Waals surface area contributed by atoms with Gasteiger partial charge in [-0.25, -0.2) is 0 Å². The van der Waals surface area contributed by atoms with Gasteiger partial charge in [0.1, 0.15) is 6.07 Å². The first-order valence-corrected chi connectivity index (χ1v) is 5.54. The minimum atomic E-state index is 0.236. The zero-order valence-electron chi connectivity index (χ0n) is 10.1. The molecule has 0 unspecified atom stereocenters. The second-order valence-electron chi connectivity index (χ2n) is 4.05. The SMILES string of the molecule is CC(C)N(CCC#N)c1cccc(C#N)c1N. The van der Waals surface area contributed by atoms with Gasteiger partial charge in [-0.2, -0.15) is 10.5 Å². The van der Waals surface area contributed by atoms with Gasteiger partial charge in [0.2, 0.25) is 0 Å². The molecule has 4 heteroatoms. The van der Waals surface area contributed by atoms with Gasteiger partial charge in [0, 0.05) is 12.6 Å². The van der Waals surface area contributed by atoms with Crippen LogP contribution in [0.1, 0.15) is 25.8 Å². The lowest BCUT2D eigenvalue weighted by Gasteiger charge is -2.29. The summed E-state index contributed by atoms with van der Waals surface area (Å²) >= 11 is 0. The zero-order chi connectivity index (χ0) is 12.8. The minimum absolute atomic E-state index is 0.236. The Bertz CT molecular complexity index is 465. The number of nitrogens with two attached hydrogens (primary N) is 1. The van der Waals surface area contributed by atoms with Crippen LogP contribution >= 0.6 is 0 Å². The third-order valence-corrected chi connectivity index (χ3v) is 2.60. The number of anilines is 2. The van der Waals surface area contributed by atoms with E-state index in [0.717, 1.165) is 5.69 Å². The number of hydrogen-bond acceptors (Lipinski definition) is 4. The first kappa shape index (κ1) is 12.9. The van der Waals surface area contributed by atoms with Crippen LogP contribution in [0.3, 0.4) is 0 Å². The second-order valence-corrected chi connectivity index (χ2v) is 4.05. The Kier molecular flexibility index (Phi) is 4.37. The molecule has 88 valence electrons. The highest BCUT2D eigenvalue weighted by Gasteiger charge is 2.14. The third-order valence-electron chi connectivity index (χ3n) is 2.60. The second kappa shape index (κ2) is 5.77. The molecule has 0 saturated heterocycles. The number of nitrogen functional groups attached to an aromatic ring is 1. The molecule has 2 N–H and O–H groups in total. The average Bonchev–Trinajstić information content (AvgIpc) is 2.31. The van der Waals surface area contributed by atoms with Crippen molar-refractivity contribution < 1.29 is 0 Å². The van der Waals surface area contributed by atoms with Crippen molar-refractivity contribution in [3.05, 3.63) is 23.8 Å². The Morgan fingerprint density at radius 2 is 2.06 bits per heavy atom. The molecule has 1 aromatic carbocycles. The molecule has 0 saturated carbocycles. The van der Waals surface area contributed by atoms with Crippen molar-refractivity contribution in [3.8, 4) is 12.1 Å². The molecular formula is C13H16N4. The van der Waals surface area contributed by atoms with Gasteiger partial charge in [0.25, 0.3) is 0 Å². The highest BCUT2D eigenvalue weighted by molar-refractivity contribution is 5.74. The molecule has 0 aliphatic carbocycles. The fourth-order valence-corrected chi connectivity index (χ4v) is 1.73. The molecule has 0 aliphatic heterocycles. The van der Waals surface area contributed by atoms with Gasteiger partial charge in [-0.3, -0.25) is 0 Å². The van der Waals surface area contributed by atoms with Gasteiger partial charge in [-0.1, -0.05) is 6.07 Å². The van der Waals surface area contributed by atoms with Crippen LogP contribution in [0.5, 0.6) is 0 Å². The van der Waals surface area contributed by atoms with Crippen LogP contribution in [0.15, 0.2) is 18.2 Å². The van der Waals surface area contributed by atoms with E-state index in [2.05, 4.69) is 12.1 Å². The Morgan fingerprint density at radius 1 is 1.35 bits per heavy atom. The Hall–Kier alpha value is -2.20. The predicted molar refractivity (Wildman–Crippen MR) is 68.3 cm³/mol. The smallest absolute Gasteiger partial charge is 0.101 e. The van der Waals surface area contributed by atoms with Crippen molar-refractivity contribution in [2.75, 3.05) is 17.2 Å². The number of benzene rings is 1. The van der Waals surface area contributed by atoms with E-state index < -0.39 is 0 Å². The summed E-state index contributed by atoms with van der Waals surface area (Å²) in [6.45, 7) is 4.69. The van der Waals surface area contributed by atoms with Gasteiger partial charge in [0.15, 0.2) is 0 Å². The maximum Gasteiger partial charge on any atom is 0.101 e. The molecule has 17 heavy (non-hydrogen) atoms. The Labute approximate surface area is 102 Å². The van der Waals surface area contributed by atoms with E-state index >= 15 is 0 Å². The fourth-order valence-electron chi connectivity index (χ4n) is 1.73. The number of nitrogens with zero attached hydrogens (tertiary/aromatic N) is 3. The summed E-state index contributed by atoms with van der Waals surface area (Å²) < 4.78 is 0. The Morgan fingerprint density at radius 3 is 2.59 bits per heavy atom. The van der Waals surface area contributed by atoms with Crippen LogP contribution in [-0.4, -0.2) is 12.6 Å². The molecule has 4 nitrogen and oxygen atoms in total. The summed E-state index contributed by atoms with van der Waals surface area (Å²) in [6.07, 6.45) is 0.439. The Balaban J connectivity index is 3.11. The topological polar surface area (TPSA) is 76.8 Å². The third kappa shape index (κ3) is 2.89. The quantitative estimate of drug-likeness (QED) is 0.802. The average molecular weight is 228 g/mol. The normalized spacial score (nSPS) is 9.71. The molecule has 0 bridgehead atoms. The molecule has 0 aliphatic rings. The summed E-state index contributed by atoms with van der Waals surface area (Å²) in [5, 5.41) is 17.6. The molecule has 0 atom stereocenters. The number of para-hydroxylation sites is 1. The molecule has 0 aromatic heterocycles. The van der Waals surface area contributed by atoms with Crippen molar-refractivity contribution in [2.45, 2.75) is 26.3 Å². The molecule has 1 aromatic rings. The van der Waals surface area contributed by atoms with Crippen LogP contribution in [0, 0.1) is 22.7 Å². The monoisotopic (exact) mass is 228 g/mol. The van der Waals surface area contributed by atoms with E-state index in [1.54, 1.807) is 6.07 Å². The first-order chi connectivity index (χ1) is 8.11. The van der Waals surface area contributed by atoms with E-state index in [1.165, 1.54) is 0 Å². The van der Waals surface area contributed by atoms with Crippen molar-refractivity contribution in [1.82, 2.24) is 0 Å². The van der Waals surface area contributed by atoms with Gasteiger partial charge < -0.3 is 10.6 Å². The largest absolute Gasteiger partial charge is 0.396 e. The van der Waals surface area contributed by atoms with Crippen molar-refractivity contribution in [1.29, 1.82) is 10.5 Å². The lowest BCUT2D eigenvalue weighted by atomic mass is 10.1. The van der Waals surface area contributed by atoms with Crippen molar-refractivity contribution in [2.24, 2.45) is 0 Å². The van der Waals surface area contributed by atoms with Gasteiger partial charge in [0.05, 0.1) is 29.4 Å². The van der Waals surface area contributed by atoms with E-state index in [-0.39, 0.29) is 6.04 Å². The van der Waals surface area contributed by atoms with E-state index in [0.29, 0.717) is 24.2 Å². The molecule has 0 amide bonds. The lowest BCUT2D eigenvalue weighted by Crippen LogP contribution is -2.32. The number of rotatable bonds is 4. The summed E-state index contributed by atoms with van der Waals surface area (Å²) in [4.78, 5) is 2.04. The van der Waals surface area contributed by atoms with E-state index in [1.807, 2.05) is 30.9 Å². The summed E-state index contributed by atoms with van der Waals surface area (Å²) in [5.74, 6) is 0. The van der Waals surface area contributed by atoms with Crippen LogP contribution in [0.4, 0.5) is 11.4 Å². The summed E-state index contributed by atoms with van der Waals surface area (Å²) in [7, 11) is 0. The van der Waals surface area contributed by atoms with E-state index in [4.69, 9.17) is 16.3 Å². The number of nitriles is 2. The lowest BCUT2D eigenvalue weighted by molar-refractivity contribution is 0.687. The van der Waals surface area contributed by atoms with Gasteiger partial charge in [-0.05, 0) is 26.0 Å². The fraction of sp³-hybridized carbons (Fsp3) is 0.385. The van der Waals surface area contributed by atoms with Gasteiger partial charge >= 0.3 is 0 Å². The maximum absolute atomic E-state index is 8.94. The molecule has 0 heterocycles. The molecule has 1 rings (SSSR count). The summed E-state index contributed by atoms with van der Waals surface area (Å²) in [6, 6.07) is 9.82. The molecular weight excluding hydrogens is 212 g/mol.